The summed E-state index contributed by atoms with van der Waals surface area (Å²) < 4.78 is 51.9. The number of amides is 1. The molecule has 0 atom stereocenters. The first-order chi connectivity index (χ1) is 17.4. The maximum atomic E-state index is 14.5. The van der Waals surface area contributed by atoms with Crippen molar-refractivity contribution in [2.24, 2.45) is 0 Å². The van der Waals surface area contributed by atoms with Crippen LogP contribution in [0, 0.1) is 5.82 Å². The smallest absolute Gasteiger partial charge is 0.341 e. The third-order valence-corrected chi connectivity index (χ3v) is 8.80. The van der Waals surface area contributed by atoms with Gasteiger partial charge in [-0.1, -0.05) is 36.0 Å². The topological polar surface area (TPSA) is 93.2 Å². The molecular formula is C25H21FN2O6S2. The van der Waals surface area contributed by atoms with Crippen LogP contribution in [0.4, 0.5) is 15.8 Å². The zero-order valence-electron chi connectivity index (χ0n) is 18.9. The quantitative estimate of drug-likeness (QED) is 0.465. The van der Waals surface area contributed by atoms with Gasteiger partial charge in [-0.3, -0.25) is 9.69 Å². The van der Waals surface area contributed by atoms with Crippen LogP contribution in [0.1, 0.15) is 10.4 Å². The van der Waals surface area contributed by atoms with Gasteiger partial charge in [-0.25, -0.2) is 17.6 Å². The first-order valence-electron chi connectivity index (χ1n) is 11.1. The molecule has 186 valence electrons. The lowest BCUT2D eigenvalue weighted by atomic mass is 10.2. The minimum atomic E-state index is -3.95. The highest BCUT2D eigenvalue weighted by Gasteiger charge is 2.30. The number of fused-ring (bicyclic) bond motifs is 2. The molecule has 0 spiro atoms. The van der Waals surface area contributed by atoms with E-state index < -0.39 is 39.9 Å². The summed E-state index contributed by atoms with van der Waals surface area (Å²) >= 11 is 1.52. The summed E-state index contributed by atoms with van der Waals surface area (Å²) in [5.41, 5.74) is 0.728. The second-order valence-electron chi connectivity index (χ2n) is 8.00. The third kappa shape index (κ3) is 4.62. The van der Waals surface area contributed by atoms with Gasteiger partial charge in [0.2, 0.25) is 10.0 Å². The standard InChI is InChI=1S/C25H21FN2O6S2/c26-19-10-9-17(36(31,32)27-11-13-33-14-12-27)15-18(19)25(30)34-16-24(29)28-20-5-1-3-7-22(20)35-23-8-4-2-6-21(23)28/h1-10,15H,11-14,16H2. The average molecular weight is 529 g/mol. The van der Waals surface area contributed by atoms with Crippen LogP contribution < -0.4 is 4.90 Å². The maximum absolute atomic E-state index is 14.5. The van der Waals surface area contributed by atoms with Gasteiger partial charge in [-0.05, 0) is 42.5 Å². The summed E-state index contributed by atoms with van der Waals surface area (Å²) in [5, 5.41) is 0. The van der Waals surface area contributed by atoms with E-state index in [2.05, 4.69) is 0 Å². The van der Waals surface area contributed by atoms with E-state index in [0.717, 1.165) is 28.0 Å². The van der Waals surface area contributed by atoms with E-state index in [4.69, 9.17) is 9.47 Å². The minimum absolute atomic E-state index is 0.158. The monoisotopic (exact) mass is 528 g/mol. The number of hydrogen-bond acceptors (Lipinski definition) is 7. The lowest BCUT2D eigenvalue weighted by Crippen LogP contribution is -2.40. The number of ether oxygens (including phenoxy) is 2. The number of morpholine rings is 1. The highest BCUT2D eigenvalue weighted by atomic mass is 32.2. The van der Waals surface area contributed by atoms with Gasteiger partial charge in [0.1, 0.15) is 5.82 Å². The van der Waals surface area contributed by atoms with Gasteiger partial charge in [0, 0.05) is 22.9 Å². The number of carbonyl (C=O) groups excluding carboxylic acids is 2. The van der Waals surface area contributed by atoms with Crippen molar-refractivity contribution >= 4 is 45.0 Å². The highest BCUT2D eigenvalue weighted by molar-refractivity contribution is 7.99. The molecule has 36 heavy (non-hydrogen) atoms. The predicted octanol–water partition coefficient (Wildman–Crippen LogP) is 3.83. The minimum Gasteiger partial charge on any atom is -0.452 e. The molecule has 1 saturated heterocycles. The summed E-state index contributed by atoms with van der Waals surface area (Å²) in [5.74, 6) is -2.60. The second kappa shape index (κ2) is 10.0. The number of para-hydroxylation sites is 2. The number of sulfonamides is 1. The lowest BCUT2D eigenvalue weighted by molar-refractivity contribution is -0.121. The van der Waals surface area contributed by atoms with E-state index in [-0.39, 0.29) is 31.2 Å². The van der Waals surface area contributed by atoms with Crippen molar-refractivity contribution in [1.82, 2.24) is 4.31 Å². The third-order valence-electron chi connectivity index (χ3n) is 5.77. The van der Waals surface area contributed by atoms with Crippen molar-refractivity contribution in [3.05, 3.63) is 78.1 Å². The van der Waals surface area contributed by atoms with Gasteiger partial charge in [-0.15, -0.1) is 0 Å². The summed E-state index contributed by atoms with van der Waals surface area (Å²) in [7, 11) is -3.95. The number of nitrogens with zero attached hydrogens (tertiary/aromatic N) is 2. The molecule has 0 N–H and O–H groups in total. The van der Waals surface area contributed by atoms with Crippen LogP contribution in [0.25, 0.3) is 0 Å². The Hall–Kier alpha value is -3.25. The number of anilines is 2. The first-order valence-corrected chi connectivity index (χ1v) is 13.4. The first kappa shape index (κ1) is 24.4. The van der Waals surface area contributed by atoms with Crippen LogP contribution in [-0.2, 0) is 24.3 Å². The Morgan fingerprint density at radius 1 is 0.944 bits per heavy atom. The van der Waals surface area contributed by atoms with Gasteiger partial charge >= 0.3 is 5.97 Å². The van der Waals surface area contributed by atoms with E-state index in [1.807, 2.05) is 24.3 Å². The van der Waals surface area contributed by atoms with Crippen molar-refractivity contribution in [1.29, 1.82) is 0 Å². The molecule has 0 radical (unpaired) electrons. The Morgan fingerprint density at radius 3 is 2.19 bits per heavy atom. The lowest BCUT2D eigenvalue weighted by Gasteiger charge is -2.30. The second-order valence-corrected chi connectivity index (χ2v) is 11.0. The fourth-order valence-electron chi connectivity index (χ4n) is 4.00. The molecule has 0 aliphatic carbocycles. The van der Waals surface area contributed by atoms with Crippen LogP contribution in [0.3, 0.4) is 0 Å². The van der Waals surface area contributed by atoms with Gasteiger partial charge in [0.05, 0.1) is 35.0 Å². The Balaban J connectivity index is 1.36. The molecule has 3 aromatic rings. The van der Waals surface area contributed by atoms with Crippen molar-refractivity contribution < 1.29 is 31.9 Å². The fraction of sp³-hybridized carbons (Fsp3) is 0.200. The van der Waals surface area contributed by atoms with Crippen LogP contribution in [0.5, 0.6) is 0 Å². The summed E-state index contributed by atoms with van der Waals surface area (Å²) in [4.78, 5) is 28.9. The predicted molar refractivity (Wildman–Crippen MR) is 130 cm³/mol. The average Bonchev–Trinajstić information content (AvgIpc) is 2.90. The molecule has 3 aromatic carbocycles. The number of halogens is 1. The van der Waals surface area contributed by atoms with Crippen LogP contribution in [-0.4, -0.2) is 57.5 Å². The summed E-state index contributed by atoms with van der Waals surface area (Å²) in [6.45, 7) is 0.152. The summed E-state index contributed by atoms with van der Waals surface area (Å²) in [6.07, 6.45) is 0. The fourth-order valence-corrected chi connectivity index (χ4v) is 6.49. The van der Waals surface area contributed by atoms with E-state index in [1.165, 1.54) is 21.0 Å². The van der Waals surface area contributed by atoms with E-state index in [1.54, 1.807) is 24.3 Å². The largest absolute Gasteiger partial charge is 0.452 e. The van der Waals surface area contributed by atoms with Crippen molar-refractivity contribution in [2.75, 3.05) is 37.8 Å². The number of rotatable bonds is 5. The van der Waals surface area contributed by atoms with Crippen LogP contribution >= 0.6 is 11.8 Å². The zero-order valence-corrected chi connectivity index (χ0v) is 20.6. The van der Waals surface area contributed by atoms with Crippen LogP contribution in [0.15, 0.2) is 81.4 Å². The van der Waals surface area contributed by atoms with Gasteiger partial charge in [0.25, 0.3) is 5.91 Å². The Kier molecular flexibility index (Phi) is 6.80. The molecule has 2 aliphatic rings. The van der Waals surface area contributed by atoms with Crippen molar-refractivity contribution in [2.45, 2.75) is 14.7 Å². The van der Waals surface area contributed by atoms with E-state index in [9.17, 15) is 22.4 Å². The Bertz CT molecular complexity index is 1390. The molecule has 1 amide bonds. The zero-order chi connectivity index (χ0) is 25.3. The molecule has 2 aliphatic heterocycles. The molecule has 0 saturated carbocycles. The van der Waals surface area contributed by atoms with Gasteiger partial charge in [-0.2, -0.15) is 4.31 Å². The molecule has 1 fully saturated rings. The van der Waals surface area contributed by atoms with E-state index in [0.29, 0.717) is 11.4 Å². The highest BCUT2D eigenvalue weighted by Crippen LogP contribution is 2.47. The number of hydrogen-bond donors (Lipinski definition) is 0. The van der Waals surface area contributed by atoms with Gasteiger partial charge in [0.15, 0.2) is 6.61 Å². The molecule has 8 nitrogen and oxygen atoms in total. The summed E-state index contributed by atoms with van der Waals surface area (Å²) in [6, 6.07) is 17.6. The van der Waals surface area contributed by atoms with Crippen LogP contribution in [0.2, 0.25) is 0 Å². The number of benzene rings is 3. The molecule has 2 heterocycles. The molecule has 0 unspecified atom stereocenters. The number of carbonyl (C=O) groups is 2. The molecule has 11 heteroatoms. The Morgan fingerprint density at radius 2 is 1.56 bits per heavy atom. The molecule has 0 aromatic heterocycles. The normalized spacial score (nSPS) is 15.6. The van der Waals surface area contributed by atoms with Crippen molar-refractivity contribution in [3.8, 4) is 0 Å². The van der Waals surface area contributed by atoms with E-state index >= 15 is 0 Å². The molecule has 5 rings (SSSR count). The molecular weight excluding hydrogens is 507 g/mol. The molecule has 0 bridgehead atoms. The number of esters is 1. The van der Waals surface area contributed by atoms with Crippen molar-refractivity contribution in [3.63, 3.8) is 0 Å². The van der Waals surface area contributed by atoms with Gasteiger partial charge < -0.3 is 9.47 Å². The maximum Gasteiger partial charge on any atom is 0.341 e. The SMILES string of the molecule is O=C(OCC(=O)N1c2ccccc2Sc2ccccc21)c1cc(S(=O)(=O)N2CCOCC2)ccc1F. The Labute approximate surface area is 211 Å².